The maximum atomic E-state index is 4.00. The Hall–Kier alpha value is -6.44. The Labute approximate surface area is 298 Å². The van der Waals surface area contributed by atoms with Gasteiger partial charge in [0.2, 0.25) is 0 Å². The zero-order chi connectivity index (χ0) is 33.6. The molecule has 0 amide bonds. The van der Waals surface area contributed by atoms with Gasteiger partial charge in [0, 0.05) is 16.9 Å². The monoisotopic (exact) mass is 647 g/mol. The molecule has 238 valence electrons. The first-order chi connectivity index (χ1) is 25.3. The summed E-state index contributed by atoms with van der Waals surface area (Å²) in [5.74, 6) is 0. The van der Waals surface area contributed by atoms with Crippen LogP contribution in [0, 0.1) is 0 Å². The Morgan fingerprint density at radius 3 is 1.27 bits per heavy atom. The Morgan fingerprint density at radius 2 is 0.725 bits per heavy atom. The summed E-state index contributed by atoms with van der Waals surface area (Å²) in [5, 5.41) is 4.00. The highest BCUT2D eigenvalue weighted by Crippen LogP contribution is 2.63. The van der Waals surface area contributed by atoms with Crippen LogP contribution in [0.25, 0.3) is 33.4 Å². The van der Waals surface area contributed by atoms with Crippen molar-refractivity contribution in [2.45, 2.75) is 10.8 Å². The van der Waals surface area contributed by atoms with Crippen molar-refractivity contribution in [1.29, 1.82) is 0 Å². The molecule has 8 aromatic rings. The number of hydrogen-bond acceptors (Lipinski definition) is 1. The van der Waals surface area contributed by atoms with Crippen molar-refractivity contribution in [3.05, 3.63) is 239 Å². The molecule has 1 nitrogen and oxygen atoms in total. The molecule has 0 unspecified atom stereocenters. The molecule has 8 aromatic carbocycles. The minimum atomic E-state index is -0.437. The average molecular weight is 648 g/mol. The lowest BCUT2D eigenvalue weighted by atomic mass is 9.68. The molecule has 0 atom stereocenters. The Balaban J connectivity index is 1.13. The predicted molar refractivity (Wildman–Crippen MR) is 210 cm³/mol. The summed E-state index contributed by atoms with van der Waals surface area (Å²) < 4.78 is 0. The lowest BCUT2D eigenvalue weighted by Crippen LogP contribution is -2.28. The molecule has 1 N–H and O–H groups in total. The third kappa shape index (κ3) is 3.60. The standard InChI is InChI=1S/C50H33N/c1-3-16-33(17-4-1)49(34-18-5-2-6-19-34)44-27-14-10-23-40(44)48-45(49)28-15-29-47(48)51-35-30-31-39-38-22-9-13-26-43(38)50(46(39)32-35)41-24-11-7-20-36(41)37-21-8-12-25-42(37)50/h1-32,51H. The first-order valence-corrected chi connectivity index (χ1v) is 17.9. The average Bonchev–Trinajstić information content (AvgIpc) is 3.79. The number of hydrogen-bond donors (Lipinski definition) is 1. The third-order valence-corrected chi connectivity index (χ3v) is 11.8. The molecule has 0 bridgehead atoms. The topological polar surface area (TPSA) is 12.0 Å². The maximum Gasteiger partial charge on any atom is 0.0726 e. The summed E-state index contributed by atoms with van der Waals surface area (Å²) in [7, 11) is 0. The lowest BCUT2D eigenvalue weighted by Gasteiger charge is -2.34. The molecule has 11 rings (SSSR count). The minimum Gasteiger partial charge on any atom is -0.355 e. The molecule has 0 aliphatic heterocycles. The lowest BCUT2D eigenvalue weighted by molar-refractivity contribution is 0.768. The molecular formula is C50H33N. The second-order valence-corrected chi connectivity index (χ2v) is 14.0. The minimum absolute atomic E-state index is 0.377. The SMILES string of the molecule is c1ccc(C2(c3ccccc3)c3ccccc3-c3c(Nc4ccc5c(c4)C4(c6ccccc6-c6ccccc64)c4ccccc4-5)cccc32)cc1. The summed E-state index contributed by atoms with van der Waals surface area (Å²) in [6.45, 7) is 0. The molecule has 1 spiro atoms. The Bertz CT molecular complexity index is 2570. The van der Waals surface area contributed by atoms with Gasteiger partial charge in [0.15, 0.2) is 0 Å². The number of fused-ring (bicyclic) bond motifs is 13. The molecular weight excluding hydrogens is 615 g/mol. The van der Waals surface area contributed by atoms with Gasteiger partial charge in [-0.3, -0.25) is 0 Å². The molecule has 0 aromatic heterocycles. The fraction of sp³-hybridized carbons (Fsp3) is 0.0400. The van der Waals surface area contributed by atoms with E-state index in [1.807, 2.05) is 0 Å². The molecule has 0 fully saturated rings. The summed E-state index contributed by atoms with van der Waals surface area (Å²) in [4.78, 5) is 0. The van der Waals surface area contributed by atoms with E-state index in [0.717, 1.165) is 11.4 Å². The van der Waals surface area contributed by atoms with Gasteiger partial charge in [-0.25, -0.2) is 0 Å². The zero-order valence-electron chi connectivity index (χ0n) is 28.0. The van der Waals surface area contributed by atoms with Crippen LogP contribution in [0.2, 0.25) is 0 Å². The van der Waals surface area contributed by atoms with Crippen molar-refractivity contribution >= 4 is 11.4 Å². The van der Waals surface area contributed by atoms with Crippen molar-refractivity contribution in [2.24, 2.45) is 0 Å². The van der Waals surface area contributed by atoms with Crippen molar-refractivity contribution < 1.29 is 0 Å². The fourth-order valence-electron chi connectivity index (χ4n) is 9.93. The Kier molecular flexibility index (Phi) is 5.86. The van der Waals surface area contributed by atoms with E-state index in [0.29, 0.717) is 0 Å². The van der Waals surface area contributed by atoms with E-state index in [1.54, 1.807) is 0 Å². The molecule has 1 heteroatoms. The summed E-state index contributed by atoms with van der Waals surface area (Å²) in [5.41, 5.74) is 19.8. The van der Waals surface area contributed by atoms with Crippen LogP contribution in [0.1, 0.15) is 44.5 Å². The predicted octanol–water partition coefficient (Wildman–Crippen LogP) is 12.1. The van der Waals surface area contributed by atoms with Gasteiger partial charge >= 0.3 is 0 Å². The summed E-state index contributed by atoms with van der Waals surface area (Å²) >= 11 is 0. The van der Waals surface area contributed by atoms with Crippen molar-refractivity contribution in [1.82, 2.24) is 0 Å². The van der Waals surface area contributed by atoms with E-state index in [9.17, 15) is 0 Å². The first-order valence-electron chi connectivity index (χ1n) is 17.9. The van der Waals surface area contributed by atoms with Crippen LogP contribution in [0.15, 0.2) is 194 Å². The number of benzene rings is 8. The third-order valence-electron chi connectivity index (χ3n) is 11.8. The van der Waals surface area contributed by atoms with Crippen molar-refractivity contribution in [3.8, 4) is 33.4 Å². The second kappa shape index (κ2) is 10.5. The summed E-state index contributed by atoms with van der Waals surface area (Å²) in [6.07, 6.45) is 0. The number of rotatable bonds is 4. The van der Waals surface area contributed by atoms with Gasteiger partial charge in [-0.1, -0.05) is 176 Å². The fourth-order valence-corrected chi connectivity index (χ4v) is 9.93. The molecule has 0 saturated carbocycles. The second-order valence-electron chi connectivity index (χ2n) is 14.0. The summed E-state index contributed by atoms with van der Waals surface area (Å²) in [6, 6.07) is 71.9. The number of nitrogens with one attached hydrogen (secondary N) is 1. The molecule has 0 heterocycles. The van der Waals surface area contributed by atoms with Gasteiger partial charge in [-0.05, 0) is 90.5 Å². The van der Waals surface area contributed by atoms with Crippen LogP contribution in [-0.2, 0) is 10.8 Å². The van der Waals surface area contributed by atoms with E-state index in [2.05, 4.69) is 199 Å². The van der Waals surface area contributed by atoms with E-state index in [-0.39, 0.29) is 5.41 Å². The number of anilines is 2. The van der Waals surface area contributed by atoms with Crippen molar-refractivity contribution in [3.63, 3.8) is 0 Å². The van der Waals surface area contributed by atoms with E-state index in [1.165, 1.54) is 77.9 Å². The van der Waals surface area contributed by atoms with Gasteiger partial charge < -0.3 is 5.32 Å². The van der Waals surface area contributed by atoms with Crippen LogP contribution in [0.4, 0.5) is 11.4 Å². The van der Waals surface area contributed by atoms with Crippen LogP contribution in [0.3, 0.4) is 0 Å². The maximum absolute atomic E-state index is 4.00. The highest BCUT2D eigenvalue weighted by atomic mass is 14.9. The first kappa shape index (κ1) is 28.4. The largest absolute Gasteiger partial charge is 0.355 e. The zero-order valence-corrected chi connectivity index (χ0v) is 28.0. The molecule has 3 aliphatic carbocycles. The van der Waals surface area contributed by atoms with Gasteiger partial charge in [-0.15, -0.1) is 0 Å². The van der Waals surface area contributed by atoms with E-state index in [4.69, 9.17) is 0 Å². The molecule has 0 radical (unpaired) electrons. The van der Waals surface area contributed by atoms with Gasteiger partial charge in [-0.2, -0.15) is 0 Å². The van der Waals surface area contributed by atoms with Crippen LogP contribution in [0.5, 0.6) is 0 Å². The van der Waals surface area contributed by atoms with Crippen LogP contribution >= 0.6 is 0 Å². The van der Waals surface area contributed by atoms with Gasteiger partial charge in [0.25, 0.3) is 0 Å². The van der Waals surface area contributed by atoms with E-state index < -0.39 is 5.41 Å². The molecule has 51 heavy (non-hydrogen) atoms. The van der Waals surface area contributed by atoms with Crippen LogP contribution < -0.4 is 5.32 Å². The highest BCUT2D eigenvalue weighted by Gasteiger charge is 2.52. The normalized spacial score (nSPS) is 14.6. The molecule has 3 aliphatic rings. The van der Waals surface area contributed by atoms with Crippen LogP contribution in [-0.4, -0.2) is 0 Å². The smallest absolute Gasteiger partial charge is 0.0726 e. The molecule has 0 saturated heterocycles. The van der Waals surface area contributed by atoms with E-state index >= 15 is 0 Å². The van der Waals surface area contributed by atoms with Gasteiger partial charge in [0.1, 0.15) is 0 Å². The quantitative estimate of drug-likeness (QED) is 0.200. The Morgan fingerprint density at radius 1 is 0.294 bits per heavy atom. The highest BCUT2D eigenvalue weighted by molar-refractivity contribution is 5.97. The van der Waals surface area contributed by atoms with Gasteiger partial charge in [0.05, 0.1) is 10.8 Å². The van der Waals surface area contributed by atoms with Crippen molar-refractivity contribution in [2.75, 3.05) is 5.32 Å².